The van der Waals surface area contributed by atoms with E-state index < -0.39 is 0 Å². The number of hydrogen-bond donors (Lipinski definition) is 1. The molecule has 0 spiro atoms. The Morgan fingerprint density at radius 1 is 1.17 bits per heavy atom. The zero-order valence-electron chi connectivity index (χ0n) is 20.3. The average Bonchev–Trinajstić information content (AvgIpc) is 3.46. The van der Waals surface area contributed by atoms with Crippen molar-refractivity contribution < 1.29 is 9.26 Å². The Morgan fingerprint density at radius 3 is 2.80 bits per heavy atom. The van der Waals surface area contributed by atoms with Crippen LogP contribution in [0.2, 0.25) is 0 Å². The Balaban J connectivity index is 1.49. The molecule has 0 amide bonds. The second-order valence-electron chi connectivity index (χ2n) is 8.78. The maximum absolute atomic E-state index is 5.29. The normalized spacial score (nSPS) is 17.1. The topological polar surface area (TPSA) is 125 Å². The number of rotatable bonds is 8. The molecule has 1 aliphatic rings. The van der Waals surface area contributed by atoms with Crippen LogP contribution in [0.15, 0.2) is 35.4 Å². The van der Waals surface area contributed by atoms with E-state index in [1.165, 1.54) is 0 Å². The van der Waals surface area contributed by atoms with Gasteiger partial charge in [0.15, 0.2) is 11.5 Å². The van der Waals surface area contributed by atoms with Crippen LogP contribution in [0.25, 0.3) is 11.2 Å². The molecule has 1 atom stereocenters. The Hall–Kier alpha value is -3.64. The van der Waals surface area contributed by atoms with Crippen LogP contribution in [0.3, 0.4) is 0 Å². The monoisotopic (exact) mass is 478 g/mol. The number of nitrogens with one attached hydrogen (secondary N) is 1. The molecule has 0 aliphatic carbocycles. The molecule has 184 valence electrons. The zero-order valence-corrected chi connectivity index (χ0v) is 20.3. The summed E-state index contributed by atoms with van der Waals surface area (Å²) < 4.78 is 10.6. The molecular weight excluding hydrogens is 448 g/mol. The fraction of sp³-hybridized carbons (Fsp3) is 0.478. The summed E-state index contributed by atoms with van der Waals surface area (Å²) in [5, 5.41) is 4.20. The standard InChI is InChI=1S/C23H30N10O2/c1-16-11-18(30-35-16)14-32-7-8-33(23-24-5-4-6-25-23)13-17(12-32)20-28-21-19(26-15-27-21)22(29-20)31(2)9-10-34-3/h4-6,11,15,17H,7-10,12-14H2,1-3H3,(H,26,27,28,29). The van der Waals surface area contributed by atoms with Crippen LogP contribution >= 0.6 is 0 Å². The first-order valence-electron chi connectivity index (χ1n) is 11.7. The molecule has 0 aromatic carbocycles. The molecule has 12 nitrogen and oxygen atoms in total. The second-order valence-corrected chi connectivity index (χ2v) is 8.78. The van der Waals surface area contributed by atoms with Crippen LogP contribution in [0.1, 0.15) is 23.2 Å². The largest absolute Gasteiger partial charge is 0.383 e. The fourth-order valence-electron chi connectivity index (χ4n) is 4.37. The molecule has 0 radical (unpaired) electrons. The summed E-state index contributed by atoms with van der Waals surface area (Å²) in [6.07, 6.45) is 5.20. The first-order valence-corrected chi connectivity index (χ1v) is 11.7. The number of anilines is 2. The Morgan fingerprint density at radius 2 is 2.03 bits per heavy atom. The third-order valence-corrected chi connectivity index (χ3v) is 6.14. The van der Waals surface area contributed by atoms with Gasteiger partial charge in [-0.15, -0.1) is 0 Å². The van der Waals surface area contributed by atoms with E-state index in [4.69, 9.17) is 19.2 Å². The summed E-state index contributed by atoms with van der Waals surface area (Å²) in [4.78, 5) is 33.1. The van der Waals surface area contributed by atoms with Crippen LogP contribution in [0.5, 0.6) is 0 Å². The molecule has 4 aromatic rings. The van der Waals surface area contributed by atoms with E-state index in [0.717, 1.165) is 48.2 Å². The number of ether oxygens (including phenoxy) is 1. The SMILES string of the molecule is COCCN(C)c1nc(C2CN(Cc3cc(C)on3)CCN(c3ncccn3)C2)nc2nc[nH]c12. The second kappa shape index (κ2) is 10.3. The van der Waals surface area contributed by atoms with E-state index in [2.05, 4.69) is 39.8 Å². The predicted molar refractivity (Wildman–Crippen MR) is 130 cm³/mol. The number of aryl methyl sites for hydroxylation is 1. The van der Waals surface area contributed by atoms with Crippen molar-refractivity contribution in [3.8, 4) is 0 Å². The molecule has 12 heteroatoms. The molecule has 4 aromatic heterocycles. The van der Waals surface area contributed by atoms with Gasteiger partial charge >= 0.3 is 0 Å². The zero-order chi connectivity index (χ0) is 24.2. The van der Waals surface area contributed by atoms with Crippen molar-refractivity contribution >= 4 is 22.9 Å². The van der Waals surface area contributed by atoms with Gasteiger partial charge in [0.25, 0.3) is 0 Å². The molecule has 5 rings (SSSR count). The van der Waals surface area contributed by atoms with Crippen molar-refractivity contribution in [2.24, 2.45) is 0 Å². The molecule has 5 heterocycles. The molecule has 0 saturated carbocycles. The van der Waals surface area contributed by atoms with Crippen LogP contribution in [-0.2, 0) is 11.3 Å². The maximum Gasteiger partial charge on any atom is 0.225 e. The van der Waals surface area contributed by atoms with Crippen molar-refractivity contribution in [2.45, 2.75) is 19.4 Å². The van der Waals surface area contributed by atoms with Crippen LogP contribution < -0.4 is 9.80 Å². The van der Waals surface area contributed by atoms with Crippen molar-refractivity contribution in [3.63, 3.8) is 0 Å². The summed E-state index contributed by atoms with van der Waals surface area (Å²) >= 11 is 0. The van der Waals surface area contributed by atoms with Crippen LogP contribution in [-0.4, -0.2) is 93.4 Å². The van der Waals surface area contributed by atoms with Gasteiger partial charge < -0.3 is 24.0 Å². The number of likely N-dealkylation sites (N-methyl/N-ethyl adjacent to an activating group) is 1. The Kier molecular flexibility index (Phi) is 6.82. The minimum absolute atomic E-state index is 0.00461. The first kappa shape index (κ1) is 23.1. The van der Waals surface area contributed by atoms with Gasteiger partial charge in [0.1, 0.15) is 17.1 Å². The van der Waals surface area contributed by atoms with Crippen molar-refractivity contribution in [3.05, 3.63) is 48.1 Å². The van der Waals surface area contributed by atoms with Crippen molar-refractivity contribution in [1.29, 1.82) is 0 Å². The number of aromatic amines is 1. The minimum Gasteiger partial charge on any atom is -0.383 e. The lowest BCUT2D eigenvalue weighted by Gasteiger charge is -2.25. The molecule has 1 fully saturated rings. The number of fused-ring (bicyclic) bond motifs is 1. The lowest BCUT2D eigenvalue weighted by molar-refractivity contribution is 0.206. The smallest absolute Gasteiger partial charge is 0.225 e. The fourth-order valence-corrected chi connectivity index (χ4v) is 4.37. The highest BCUT2D eigenvalue weighted by Crippen LogP contribution is 2.27. The Bertz CT molecular complexity index is 1240. The van der Waals surface area contributed by atoms with E-state index >= 15 is 0 Å². The Labute approximate surface area is 203 Å². The number of methoxy groups -OCH3 is 1. The number of imidazole rings is 1. The lowest BCUT2D eigenvalue weighted by Crippen LogP contribution is -2.31. The van der Waals surface area contributed by atoms with Gasteiger partial charge in [-0.05, 0) is 13.0 Å². The maximum atomic E-state index is 5.29. The van der Waals surface area contributed by atoms with Gasteiger partial charge in [-0.3, -0.25) is 4.90 Å². The van der Waals surface area contributed by atoms with E-state index in [-0.39, 0.29) is 5.92 Å². The van der Waals surface area contributed by atoms with E-state index in [1.807, 2.05) is 26.1 Å². The molecule has 1 aliphatic heterocycles. The minimum atomic E-state index is 0.00461. The molecule has 0 bridgehead atoms. The van der Waals surface area contributed by atoms with Gasteiger partial charge in [-0.1, -0.05) is 5.16 Å². The van der Waals surface area contributed by atoms with Crippen LogP contribution in [0.4, 0.5) is 11.8 Å². The number of aromatic nitrogens is 7. The van der Waals surface area contributed by atoms with E-state index in [0.29, 0.717) is 37.8 Å². The van der Waals surface area contributed by atoms with E-state index in [1.54, 1.807) is 25.8 Å². The van der Waals surface area contributed by atoms with Gasteiger partial charge in [0, 0.05) is 77.8 Å². The summed E-state index contributed by atoms with van der Waals surface area (Å²) in [7, 11) is 3.70. The summed E-state index contributed by atoms with van der Waals surface area (Å²) in [6, 6.07) is 3.81. The first-order chi connectivity index (χ1) is 17.1. The molecular formula is C23H30N10O2. The highest BCUT2D eigenvalue weighted by atomic mass is 16.5. The molecule has 1 N–H and O–H groups in total. The third kappa shape index (κ3) is 5.23. The molecule has 1 unspecified atom stereocenters. The van der Waals surface area contributed by atoms with Gasteiger partial charge in [0.05, 0.1) is 18.6 Å². The van der Waals surface area contributed by atoms with Gasteiger partial charge in [-0.2, -0.15) is 0 Å². The van der Waals surface area contributed by atoms with Crippen LogP contribution in [0, 0.1) is 6.92 Å². The highest BCUT2D eigenvalue weighted by molar-refractivity contribution is 5.83. The summed E-state index contributed by atoms with van der Waals surface area (Å²) in [6.45, 7) is 6.94. The van der Waals surface area contributed by atoms with Crippen molar-refractivity contribution in [2.75, 3.05) is 63.3 Å². The van der Waals surface area contributed by atoms with E-state index in [9.17, 15) is 0 Å². The highest BCUT2D eigenvalue weighted by Gasteiger charge is 2.29. The van der Waals surface area contributed by atoms with Gasteiger partial charge in [-0.25, -0.2) is 24.9 Å². The lowest BCUT2D eigenvalue weighted by atomic mass is 10.1. The predicted octanol–water partition coefficient (Wildman–Crippen LogP) is 1.63. The summed E-state index contributed by atoms with van der Waals surface area (Å²) in [5.41, 5.74) is 2.38. The van der Waals surface area contributed by atoms with Crippen molar-refractivity contribution in [1.82, 2.24) is 40.0 Å². The number of H-pyrrole nitrogens is 1. The third-order valence-electron chi connectivity index (χ3n) is 6.14. The summed E-state index contributed by atoms with van der Waals surface area (Å²) in [5.74, 6) is 3.07. The van der Waals surface area contributed by atoms with Gasteiger partial charge in [0.2, 0.25) is 5.95 Å². The quantitative estimate of drug-likeness (QED) is 0.397. The number of nitrogens with zero attached hydrogens (tertiary/aromatic N) is 9. The molecule has 1 saturated heterocycles. The number of hydrogen-bond acceptors (Lipinski definition) is 11. The average molecular weight is 479 g/mol. The molecule has 35 heavy (non-hydrogen) atoms.